The lowest BCUT2D eigenvalue weighted by Crippen LogP contribution is -2.40. The van der Waals surface area contributed by atoms with Crippen molar-refractivity contribution in [2.75, 3.05) is 19.8 Å². The molecule has 10 nitrogen and oxygen atoms in total. The van der Waals surface area contributed by atoms with Crippen molar-refractivity contribution in [2.24, 2.45) is 11.3 Å². The Kier molecular flexibility index (Phi) is 30.9. The van der Waals surface area contributed by atoms with Crippen molar-refractivity contribution >= 4 is 17.9 Å². The van der Waals surface area contributed by atoms with Crippen LogP contribution in [0.4, 0.5) is 0 Å². The Hall–Kier alpha value is -2.53. The minimum atomic E-state index is -0.981. The summed E-state index contributed by atoms with van der Waals surface area (Å²) >= 11 is 0. The van der Waals surface area contributed by atoms with Crippen LogP contribution in [0.25, 0.3) is 0 Å². The Morgan fingerprint density at radius 1 is 0.815 bits per heavy atom. The largest absolute Gasteiger partial charge is 0.478 e. The molecule has 0 aliphatic carbocycles. The zero-order valence-electron chi connectivity index (χ0n) is 15.7. The summed E-state index contributed by atoms with van der Waals surface area (Å²) in [5, 5.41) is 49.7. The molecular weight excluding hydrogens is 364 g/mol. The van der Waals surface area contributed by atoms with Crippen LogP contribution in [0.3, 0.4) is 0 Å². The molecule has 1 unspecified atom stereocenters. The Morgan fingerprint density at radius 3 is 1.04 bits per heavy atom. The molecule has 0 saturated carbocycles. The molecule has 10 heteroatoms. The smallest absolute Gasteiger partial charge is 0.327 e. The number of hydrogen-bond donors (Lipinski definition) is 6. The lowest BCUT2D eigenvalue weighted by atomic mass is 9.77. The van der Waals surface area contributed by atoms with Gasteiger partial charge in [0.2, 0.25) is 0 Å². The van der Waals surface area contributed by atoms with Gasteiger partial charge in [-0.3, -0.25) is 0 Å². The highest BCUT2D eigenvalue weighted by atomic mass is 16.4. The first-order valence-electron chi connectivity index (χ1n) is 7.36. The molecule has 0 aliphatic rings. The van der Waals surface area contributed by atoms with Crippen LogP contribution in [0.1, 0.15) is 20.3 Å². The SMILES string of the molecule is C=CC(=O)O.C=CC(=O)O.C=CC(=O)O.CCC(C)C(CO)(CO)CO.O. The molecule has 1 atom stereocenters. The minimum Gasteiger partial charge on any atom is -0.478 e. The second-order valence-corrected chi connectivity index (χ2v) is 4.77. The third-order valence-electron chi connectivity index (χ3n) is 3.13. The number of aliphatic hydroxyl groups excluding tert-OH is 3. The monoisotopic (exact) mass is 396 g/mol. The highest BCUT2D eigenvalue weighted by molar-refractivity contribution is 5.79. The maximum Gasteiger partial charge on any atom is 0.327 e. The van der Waals surface area contributed by atoms with Gasteiger partial charge < -0.3 is 36.1 Å². The third-order valence-corrected chi connectivity index (χ3v) is 3.13. The van der Waals surface area contributed by atoms with Crippen LogP contribution in [0.15, 0.2) is 38.0 Å². The van der Waals surface area contributed by atoms with Crippen LogP contribution >= 0.6 is 0 Å². The topological polar surface area (TPSA) is 204 Å². The summed E-state index contributed by atoms with van der Waals surface area (Å²) < 4.78 is 0. The van der Waals surface area contributed by atoms with Crippen molar-refractivity contribution in [3.8, 4) is 0 Å². The summed E-state index contributed by atoms with van der Waals surface area (Å²) in [7, 11) is 0. The molecule has 0 spiro atoms. The van der Waals surface area contributed by atoms with Crippen LogP contribution in [-0.2, 0) is 14.4 Å². The molecule has 160 valence electrons. The molecule has 0 aromatic carbocycles. The van der Waals surface area contributed by atoms with Crippen molar-refractivity contribution in [1.29, 1.82) is 0 Å². The number of hydrogen-bond acceptors (Lipinski definition) is 6. The van der Waals surface area contributed by atoms with E-state index in [4.69, 9.17) is 30.6 Å². The molecule has 0 radical (unpaired) electrons. The molecule has 27 heavy (non-hydrogen) atoms. The van der Waals surface area contributed by atoms with Crippen LogP contribution in [0.2, 0.25) is 0 Å². The maximum absolute atomic E-state index is 9.25. The first-order valence-corrected chi connectivity index (χ1v) is 7.36. The van der Waals surface area contributed by atoms with E-state index in [9.17, 15) is 14.4 Å². The quantitative estimate of drug-likeness (QED) is 0.304. The molecule has 0 saturated heterocycles. The van der Waals surface area contributed by atoms with Gasteiger partial charge in [-0.25, -0.2) is 14.4 Å². The van der Waals surface area contributed by atoms with Crippen LogP contribution < -0.4 is 0 Å². The third kappa shape index (κ3) is 25.8. The van der Waals surface area contributed by atoms with Gasteiger partial charge >= 0.3 is 17.9 Å². The summed E-state index contributed by atoms with van der Waals surface area (Å²) in [6.07, 6.45) is 3.35. The van der Waals surface area contributed by atoms with Crippen molar-refractivity contribution in [1.82, 2.24) is 0 Å². The molecule has 0 aromatic rings. The van der Waals surface area contributed by atoms with E-state index < -0.39 is 23.3 Å². The zero-order valence-corrected chi connectivity index (χ0v) is 15.7. The molecule has 8 N–H and O–H groups in total. The van der Waals surface area contributed by atoms with Crippen LogP contribution in [0, 0.1) is 11.3 Å². The molecule has 0 bridgehead atoms. The van der Waals surface area contributed by atoms with Gasteiger partial charge in [-0.15, -0.1) is 0 Å². The molecule has 0 fully saturated rings. The molecule has 0 amide bonds. The highest BCUT2D eigenvalue weighted by Crippen LogP contribution is 2.28. The number of carboxylic acid groups (broad SMARTS) is 3. The highest BCUT2D eigenvalue weighted by Gasteiger charge is 2.33. The molecular formula is C17H32O10. The van der Waals surface area contributed by atoms with E-state index in [1.807, 2.05) is 13.8 Å². The molecule has 0 aliphatic heterocycles. The van der Waals surface area contributed by atoms with Gasteiger partial charge in [-0.1, -0.05) is 40.0 Å². The van der Waals surface area contributed by atoms with Gasteiger partial charge in [0.05, 0.1) is 19.8 Å². The van der Waals surface area contributed by atoms with Gasteiger partial charge in [0, 0.05) is 23.6 Å². The van der Waals surface area contributed by atoms with Gasteiger partial charge in [0.15, 0.2) is 0 Å². The average Bonchev–Trinajstić information content (AvgIpc) is 2.64. The van der Waals surface area contributed by atoms with Crippen molar-refractivity contribution < 1.29 is 50.5 Å². The Labute approximate surface area is 158 Å². The number of rotatable bonds is 8. The van der Waals surface area contributed by atoms with Crippen LogP contribution in [0.5, 0.6) is 0 Å². The fourth-order valence-corrected chi connectivity index (χ4v) is 1.05. The second kappa shape index (κ2) is 23.5. The fraction of sp³-hybridized carbons (Fsp3) is 0.471. The summed E-state index contributed by atoms with van der Waals surface area (Å²) in [6.45, 7) is 12.3. The fourth-order valence-electron chi connectivity index (χ4n) is 1.05. The van der Waals surface area contributed by atoms with Crippen molar-refractivity contribution in [3.05, 3.63) is 38.0 Å². The number of carbonyl (C=O) groups is 3. The summed E-state index contributed by atoms with van der Waals surface area (Å²) in [5.41, 5.74) is -0.700. The van der Waals surface area contributed by atoms with E-state index in [0.717, 1.165) is 24.6 Å². The summed E-state index contributed by atoms with van der Waals surface area (Å²) in [6, 6.07) is 0. The predicted octanol–water partition coefficient (Wildman–Crippen LogP) is -0.0579. The Morgan fingerprint density at radius 2 is 1.00 bits per heavy atom. The lowest BCUT2D eigenvalue weighted by Gasteiger charge is -2.33. The molecule has 0 heterocycles. The van der Waals surface area contributed by atoms with E-state index >= 15 is 0 Å². The van der Waals surface area contributed by atoms with Gasteiger partial charge in [-0.2, -0.15) is 0 Å². The van der Waals surface area contributed by atoms with E-state index in [1.54, 1.807) is 0 Å². The normalized spacial score (nSPS) is 9.67. The predicted molar refractivity (Wildman–Crippen MR) is 100 cm³/mol. The number of aliphatic carboxylic acids is 3. The summed E-state index contributed by atoms with van der Waals surface area (Å²) in [4.78, 5) is 27.8. The molecule has 0 aromatic heterocycles. The van der Waals surface area contributed by atoms with E-state index in [1.165, 1.54) is 0 Å². The van der Waals surface area contributed by atoms with Crippen molar-refractivity contribution in [2.45, 2.75) is 20.3 Å². The van der Waals surface area contributed by atoms with Gasteiger partial charge in [0.1, 0.15) is 0 Å². The van der Waals surface area contributed by atoms with E-state index in [2.05, 4.69) is 19.7 Å². The first kappa shape index (κ1) is 35.6. The Balaban J connectivity index is -0.0000000858. The van der Waals surface area contributed by atoms with E-state index in [0.29, 0.717) is 0 Å². The standard InChI is InChI=1S/C8H18O3.3C3H4O2.H2O/c1-3-7(2)8(4-9,5-10)6-11;3*1-2-3(4)5;/h7,9-11H,3-6H2,1-2H3;3*2H,1H2,(H,4,5);1H2. The number of carboxylic acids is 3. The van der Waals surface area contributed by atoms with E-state index in [-0.39, 0.29) is 31.2 Å². The first-order chi connectivity index (χ1) is 12.0. The van der Waals surface area contributed by atoms with Gasteiger partial charge in [-0.05, 0) is 5.92 Å². The van der Waals surface area contributed by atoms with Gasteiger partial charge in [0.25, 0.3) is 0 Å². The zero-order chi connectivity index (χ0) is 21.8. The maximum atomic E-state index is 9.25. The summed E-state index contributed by atoms with van der Waals surface area (Å²) in [5.74, 6) is -2.80. The average molecular weight is 396 g/mol. The molecule has 0 rings (SSSR count). The van der Waals surface area contributed by atoms with Crippen LogP contribution in [-0.4, -0.2) is 73.8 Å². The minimum absolute atomic E-state index is 0. The lowest BCUT2D eigenvalue weighted by molar-refractivity contribution is -0.132. The Bertz CT molecular complexity index is 376. The number of aliphatic hydroxyl groups is 3. The second-order valence-electron chi connectivity index (χ2n) is 4.77. The van der Waals surface area contributed by atoms with Crippen molar-refractivity contribution in [3.63, 3.8) is 0 Å².